The van der Waals surface area contributed by atoms with Crippen molar-refractivity contribution in [2.45, 2.75) is 45.8 Å². The number of nitrogens with zero attached hydrogens (tertiary/aromatic N) is 3. The van der Waals surface area contributed by atoms with Crippen LogP contribution in [0.3, 0.4) is 0 Å². The first-order chi connectivity index (χ1) is 9.12. The first-order valence-corrected chi connectivity index (χ1v) is 7.08. The summed E-state index contributed by atoms with van der Waals surface area (Å²) in [5, 5.41) is 3.12. The molecule has 19 heavy (non-hydrogen) atoms. The number of nitrogens with one attached hydrogen (secondary N) is 1. The molecule has 1 aliphatic heterocycles. The van der Waals surface area contributed by atoms with Crippen LogP contribution < -0.4 is 10.2 Å². The maximum atomic E-state index is 5.77. The van der Waals surface area contributed by atoms with Crippen molar-refractivity contribution in [3.63, 3.8) is 0 Å². The zero-order valence-corrected chi connectivity index (χ0v) is 12.3. The molecule has 0 aliphatic carbocycles. The lowest BCUT2D eigenvalue weighted by Gasteiger charge is -2.36. The summed E-state index contributed by atoms with van der Waals surface area (Å²) in [5.74, 6) is 2.81. The van der Waals surface area contributed by atoms with Crippen molar-refractivity contribution in [1.82, 2.24) is 9.97 Å². The van der Waals surface area contributed by atoms with E-state index in [4.69, 9.17) is 4.74 Å². The molecule has 5 nitrogen and oxygen atoms in total. The van der Waals surface area contributed by atoms with Crippen LogP contribution in [0.1, 0.15) is 33.0 Å². The van der Waals surface area contributed by atoms with E-state index in [1.54, 1.807) is 0 Å². The lowest BCUT2D eigenvalue weighted by molar-refractivity contribution is -0.00547. The molecule has 0 spiro atoms. The average molecular weight is 264 g/mol. The lowest BCUT2D eigenvalue weighted by atomic mass is 10.2. The van der Waals surface area contributed by atoms with Crippen LogP contribution >= 0.6 is 0 Å². The second kappa shape index (κ2) is 6.19. The molecule has 1 aromatic rings. The molecule has 0 bridgehead atoms. The summed E-state index contributed by atoms with van der Waals surface area (Å²) in [7, 11) is 1.90. The monoisotopic (exact) mass is 264 g/mol. The minimum absolute atomic E-state index is 0.242. The Kier molecular flexibility index (Phi) is 4.58. The fraction of sp³-hybridized carbons (Fsp3) is 0.714. The molecule has 0 radical (unpaired) electrons. The van der Waals surface area contributed by atoms with Crippen molar-refractivity contribution in [2.24, 2.45) is 0 Å². The first-order valence-electron chi connectivity index (χ1n) is 7.08. The fourth-order valence-corrected chi connectivity index (χ4v) is 2.47. The van der Waals surface area contributed by atoms with E-state index in [9.17, 15) is 0 Å². The maximum absolute atomic E-state index is 5.77. The fourth-order valence-electron chi connectivity index (χ4n) is 2.47. The molecule has 1 N–H and O–H groups in total. The minimum Gasteiger partial charge on any atom is -0.373 e. The van der Waals surface area contributed by atoms with E-state index in [1.165, 1.54) is 0 Å². The van der Waals surface area contributed by atoms with E-state index in [1.807, 2.05) is 13.1 Å². The molecular formula is C14H24N4O. The molecule has 2 heterocycles. The smallest absolute Gasteiger partial charge is 0.134 e. The average Bonchev–Trinajstić information content (AvgIpc) is 2.37. The Labute approximate surface area is 115 Å². The van der Waals surface area contributed by atoms with Gasteiger partial charge in [-0.1, -0.05) is 6.92 Å². The Balaban J connectivity index is 2.24. The van der Waals surface area contributed by atoms with Gasteiger partial charge in [-0.15, -0.1) is 0 Å². The van der Waals surface area contributed by atoms with E-state index in [0.717, 1.165) is 43.4 Å². The molecule has 2 atom stereocenters. The summed E-state index contributed by atoms with van der Waals surface area (Å²) in [4.78, 5) is 11.5. The SMILES string of the molecule is CCCc1nc(NC)cc(N2C[C@@H](C)O[C@@H](C)C2)n1. The Hall–Kier alpha value is -1.36. The Morgan fingerprint density at radius 2 is 2.00 bits per heavy atom. The second-order valence-electron chi connectivity index (χ2n) is 5.19. The Morgan fingerprint density at radius 1 is 1.32 bits per heavy atom. The number of morpholine rings is 1. The van der Waals surface area contributed by atoms with Gasteiger partial charge in [0.05, 0.1) is 12.2 Å². The predicted molar refractivity (Wildman–Crippen MR) is 77.8 cm³/mol. The minimum atomic E-state index is 0.242. The van der Waals surface area contributed by atoms with Gasteiger partial charge in [0.25, 0.3) is 0 Å². The van der Waals surface area contributed by atoms with Gasteiger partial charge in [-0.25, -0.2) is 9.97 Å². The molecule has 0 saturated carbocycles. The molecule has 1 fully saturated rings. The topological polar surface area (TPSA) is 50.3 Å². The molecule has 5 heteroatoms. The van der Waals surface area contributed by atoms with Crippen molar-refractivity contribution in [1.29, 1.82) is 0 Å². The summed E-state index contributed by atoms with van der Waals surface area (Å²) in [6.45, 7) is 8.13. The molecule has 0 aromatic carbocycles. The third-order valence-electron chi connectivity index (χ3n) is 3.23. The molecule has 0 unspecified atom stereocenters. The van der Waals surface area contributed by atoms with Gasteiger partial charge < -0.3 is 15.0 Å². The number of rotatable bonds is 4. The highest BCUT2D eigenvalue weighted by atomic mass is 16.5. The van der Waals surface area contributed by atoms with Gasteiger partial charge in [-0.2, -0.15) is 0 Å². The van der Waals surface area contributed by atoms with Gasteiger partial charge in [0.1, 0.15) is 17.5 Å². The molecule has 0 amide bonds. The van der Waals surface area contributed by atoms with Crippen molar-refractivity contribution in [2.75, 3.05) is 30.4 Å². The molecule has 1 saturated heterocycles. The summed E-state index contributed by atoms with van der Waals surface area (Å²) < 4.78 is 5.77. The van der Waals surface area contributed by atoms with Crippen LogP contribution in [0.15, 0.2) is 6.07 Å². The Morgan fingerprint density at radius 3 is 2.58 bits per heavy atom. The van der Waals surface area contributed by atoms with Crippen molar-refractivity contribution >= 4 is 11.6 Å². The number of hydrogen-bond donors (Lipinski definition) is 1. The largest absolute Gasteiger partial charge is 0.373 e. The van der Waals surface area contributed by atoms with Gasteiger partial charge >= 0.3 is 0 Å². The number of aryl methyl sites for hydroxylation is 1. The van der Waals surface area contributed by atoms with Crippen LogP contribution in [0.25, 0.3) is 0 Å². The summed E-state index contributed by atoms with van der Waals surface area (Å²) in [5.41, 5.74) is 0. The number of hydrogen-bond acceptors (Lipinski definition) is 5. The number of ether oxygens (including phenoxy) is 1. The van der Waals surface area contributed by atoms with E-state index in [2.05, 4.69) is 41.0 Å². The van der Waals surface area contributed by atoms with Gasteiger partial charge in [0.15, 0.2) is 0 Å². The molecule has 2 rings (SSSR count). The van der Waals surface area contributed by atoms with Crippen molar-refractivity contribution < 1.29 is 4.74 Å². The molecular weight excluding hydrogens is 240 g/mol. The van der Waals surface area contributed by atoms with Crippen LogP contribution in [-0.2, 0) is 11.2 Å². The van der Waals surface area contributed by atoms with E-state index in [0.29, 0.717) is 0 Å². The van der Waals surface area contributed by atoms with Crippen LogP contribution in [0.5, 0.6) is 0 Å². The van der Waals surface area contributed by atoms with Gasteiger partial charge in [0.2, 0.25) is 0 Å². The lowest BCUT2D eigenvalue weighted by Crippen LogP contribution is -2.46. The van der Waals surface area contributed by atoms with E-state index >= 15 is 0 Å². The quantitative estimate of drug-likeness (QED) is 0.902. The maximum Gasteiger partial charge on any atom is 0.134 e. The van der Waals surface area contributed by atoms with Crippen molar-refractivity contribution in [3.05, 3.63) is 11.9 Å². The zero-order chi connectivity index (χ0) is 13.8. The Bertz CT molecular complexity index is 414. The summed E-state index contributed by atoms with van der Waals surface area (Å²) in [6.07, 6.45) is 2.46. The number of aromatic nitrogens is 2. The number of anilines is 2. The summed E-state index contributed by atoms with van der Waals surface area (Å²) >= 11 is 0. The highest BCUT2D eigenvalue weighted by molar-refractivity contribution is 5.49. The van der Waals surface area contributed by atoms with Gasteiger partial charge in [0, 0.05) is 32.6 Å². The second-order valence-corrected chi connectivity index (χ2v) is 5.19. The van der Waals surface area contributed by atoms with Crippen LogP contribution in [0.4, 0.5) is 11.6 Å². The third-order valence-corrected chi connectivity index (χ3v) is 3.23. The highest BCUT2D eigenvalue weighted by Crippen LogP contribution is 2.21. The third kappa shape index (κ3) is 3.56. The first kappa shape index (κ1) is 14.1. The zero-order valence-electron chi connectivity index (χ0n) is 12.3. The molecule has 106 valence electrons. The highest BCUT2D eigenvalue weighted by Gasteiger charge is 2.23. The molecule has 1 aromatic heterocycles. The normalized spacial score (nSPS) is 23.5. The van der Waals surface area contributed by atoms with Crippen molar-refractivity contribution in [3.8, 4) is 0 Å². The van der Waals surface area contributed by atoms with Gasteiger partial charge in [-0.3, -0.25) is 0 Å². The molecule has 1 aliphatic rings. The van der Waals surface area contributed by atoms with Crippen LogP contribution in [0.2, 0.25) is 0 Å². The van der Waals surface area contributed by atoms with E-state index < -0.39 is 0 Å². The predicted octanol–water partition coefficient (Wildman–Crippen LogP) is 2.08. The van der Waals surface area contributed by atoms with E-state index in [-0.39, 0.29) is 12.2 Å². The van der Waals surface area contributed by atoms with Crippen LogP contribution in [0, 0.1) is 0 Å². The van der Waals surface area contributed by atoms with Crippen LogP contribution in [-0.4, -0.2) is 42.3 Å². The summed E-state index contributed by atoms with van der Waals surface area (Å²) in [6, 6.07) is 2.02. The standard InChI is InChI=1S/C14H24N4O/c1-5-6-12-16-13(15-4)7-14(17-12)18-8-10(2)19-11(3)9-18/h7,10-11H,5-6,8-9H2,1-4H3,(H,15,16,17)/t10-,11+. The van der Waals surface area contributed by atoms with Gasteiger partial charge in [-0.05, 0) is 20.3 Å².